The Morgan fingerprint density at radius 3 is 1.33 bits per heavy atom. The molecular formula is C36H32O9S. The Kier molecular flexibility index (Phi) is 11.2. The van der Waals surface area contributed by atoms with Crippen LogP contribution < -0.4 is 0 Å². The second-order valence-electron chi connectivity index (χ2n) is 10.2. The fourth-order valence-electron chi connectivity index (χ4n) is 4.83. The molecule has 4 aromatic carbocycles. The van der Waals surface area contributed by atoms with E-state index in [4.69, 9.17) is 23.7 Å². The van der Waals surface area contributed by atoms with Gasteiger partial charge in [-0.1, -0.05) is 79.7 Å². The van der Waals surface area contributed by atoms with E-state index in [2.05, 4.69) is 0 Å². The van der Waals surface area contributed by atoms with Gasteiger partial charge in [-0.25, -0.2) is 19.2 Å². The van der Waals surface area contributed by atoms with E-state index in [1.54, 1.807) is 121 Å². The van der Waals surface area contributed by atoms with Gasteiger partial charge in [0.15, 0.2) is 18.3 Å². The molecule has 0 radical (unpaired) electrons. The normalized spacial score (nSPS) is 20.6. The van der Waals surface area contributed by atoms with Gasteiger partial charge in [-0.2, -0.15) is 0 Å². The molecule has 1 aliphatic heterocycles. The number of rotatable bonds is 11. The molecule has 0 aromatic heterocycles. The predicted octanol–water partition coefficient (Wildman–Crippen LogP) is 6.00. The summed E-state index contributed by atoms with van der Waals surface area (Å²) in [5.41, 5.74) is 0.184. The third-order valence-corrected chi connectivity index (χ3v) is 8.11. The first-order valence-electron chi connectivity index (χ1n) is 14.7. The second kappa shape index (κ2) is 15.9. The van der Waals surface area contributed by atoms with Gasteiger partial charge in [-0.15, -0.1) is 11.8 Å². The molecule has 0 amide bonds. The molecule has 1 fully saturated rings. The van der Waals surface area contributed by atoms with Gasteiger partial charge < -0.3 is 23.7 Å². The van der Waals surface area contributed by atoms with Crippen molar-refractivity contribution in [3.63, 3.8) is 0 Å². The molecule has 0 aliphatic carbocycles. The van der Waals surface area contributed by atoms with E-state index in [0.29, 0.717) is 11.3 Å². The van der Waals surface area contributed by atoms with Gasteiger partial charge >= 0.3 is 23.9 Å². The first-order chi connectivity index (χ1) is 22.4. The van der Waals surface area contributed by atoms with E-state index >= 15 is 0 Å². The maximum absolute atomic E-state index is 13.5. The van der Waals surface area contributed by atoms with E-state index in [1.807, 2.05) is 6.92 Å². The Bertz CT molecular complexity index is 1600. The fourth-order valence-corrected chi connectivity index (χ4v) is 5.78. The Morgan fingerprint density at radius 1 is 0.543 bits per heavy atom. The zero-order valence-electron chi connectivity index (χ0n) is 24.9. The first-order valence-corrected chi connectivity index (χ1v) is 15.8. The Labute approximate surface area is 270 Å². The maximum atomic E-state index is 13.5. The summed E-state index contributed by atoms with van der Waals surface area (Å²) in [5, 5.41) is 0. The lowest BCUT2D eigenvalue weighted by molar-refractivity contribution is -0.207. The zero-order chi connectivity index (χ0) is 32.3. The number of esters is 4. The molecule has 1 saturated heterocycles. The van der Waals surface area contributed by atoms with Crippen molar-refractivity contribution in [3.8, 4) is 0 Å². The van der Waals surface area contributed by atoms with Gasteiger partial charge in [0.2, 0.25) is 0 Å². The van der Waals surface area contributed by atoms with E-state index in [-0.39, 0.29) is 23.3 Å². The molecule has 1 heterocycles. The summed E-state index contributed by atoms with van der Waals surface area (Å²) in [6, 6.07) is 33.3. The van der Waals surface area contributed by atoms with Crippen LogP contribution >= 0.6 is 11.8 Å². The van der Waals surface area contributed by atoms with Crippen molar-refractivity contribution >= 4 is 35.6 Å². The van der Waals surface area contributed by atoms with Crippen LogP contribution in [0.1, 0.15) is 48.4 Å². The van der Waals surface area contributed by atoms with Crippen LogP contribution in [0.2, 0.25) is 0 Å². The molecule has 4 aromatic rings. The Morgan fingerprint density at radius 2 is 0.913 bits per heavy atom. The number of thioether (sulfide) groups is 1. The van der Waals surface area contributed by atoms with E-state index in [9.17, 15) is 19.2 Å². The van der Waals surface area contributed by atoms with Crippen LogP contribution in [0, 0.1) is 0 Å². The SMILES string of the molecule is CCS[C@@H]1O[C@H](COC(=O)c2ccccc2)[C@@H](OC(=O)c2ccccc2)[C@H](OC(=O)c2ccccc2)[C@H]1OC(=O)c1ccccc1. The Hall–Kier alpha value is -4.93. The third-order valence-electron chi connectivity index (χ3n) is 7.07. The largest absolute Gasteiger partial charge is 0.459 e. The molecule has 1 aliphatic rings. The number of carbonyl (C=O) groups excluding carboxylic acids is 4. The average molecular weight is 641 g/mol. The van der Waals surface area contributed by atoms with Crippen molar-refractivity contribution in [2.75, 3.05) is 12.4 Å². The summed E-state index contributed by atoms with van der Waals surface area (Å²) in [6.45, 7) is 1.54. The molecule has 10 heteroatoms. The predicted molar refractivity (Wildman–Crippen MR) is 170 cm³/mol. The van der Waals surface area contributed by atoms with Crippen molar-refractivity contribution in [1.82, 2.24) is 0 Å². The maximum Gasteiger partial charge on any atom is 0.338 e. The molecule has 0 bridgehead atoms. The van der Waals surface area contributed by atoms with Gasteiger partial charge in [0.25, 0.3) is 0 Å². The summed E-state index contributed by atoms with van der Waals surface area (Å²) in [7, 11) is 0. The van der Waals surface area contributed by atoms with Crippen LogP contribution in [0.4, 0.5) is 0 Å². The van der Waals surface area contributed by atoms with Crippen molar-refractivity contribution in [1.29, 1.82) is 0 Å². The molecule has 5 atom stereocenters. The van der Waals surface area contributed by atoms with Crippen LogP contribution in [0.25, 0.3) is 0 Å². The lowest BCUT2D eigenvalue weighted by atomic mass is 9.98. The second-order valence-corrected chi connectivity index (χ2v) is 11.5. The molecular weight excluding hydrogens is 608 g/mol. The highest BCUT2D eigenvalue weighted by Gasteiger charge is 2.53. The van der Waals surface area contributed by atoms with Crippen LogP contribution in [-0.2, 0) is 23.7 Å². The van der Waals surface area contributed by atoms with Gasteiger partial charge in [0, 0.05) is 0 Å². The van der Waals surface area contributed by atoms with Crippen LogP contribution in [0.15, 0.2) is 121 Å². The molecule has 236 valence electrons. The topological polar surface area (TPSA) is 114 Å². The highest BCUT2D eigenvalue weighted by Crippen LogP contribution is 2.35. The smallest absolute Gasteiger partial charge is 0.338 e. The van der Waals surface area contributed by atoms with E-state index < -0.39 is 53.7 Å². The summed E-state index contributed by atoms with van der Waals surface area (Å²) in [6.07, 6.45) is -4.98. The number of hydrogen-bond donors (Lipinski definition) is 0. The van der Waals surface area contributed by atoms with Crippen molar-refractivity contribution in [2.24, 2.45) is 0 Å². The number of carbonyl (C=O) groups is 4. The minimum Gasteiger partial charge on any atom is -0.459 e. The number of hydrogen-bond acceptors (Lipinski definition) is 10. The molecule has 5 rings (SSSR count). The van der Waals surface area contributed by atoms with Crippen LogP contribution in [-0.4, -0.2) is 66.1 Å². The first kappa shape index (κ1) is 32.5. The third kappa shape index (κ3) is 8.21. The number of ether oxygens (including phenoxy) is 5. The summed E-state index contributed by atoms with van der Waals surface area (Å²) < 4.78 is 30.0. The fraction of sp³-hybridized carbons (Fsp3) is 0.222. The van der Waals surface area contributed by atoms with Gasteiger partial charge in [-0.05, 0) is 54.3 Å². The monoisotopic (exact) mass is 640 g/mol. The zero-order valence-corrected chi connectivity index (χ0v) is 25.7. The highest BCUT2D eigenvalue weighted by molar-refractivity contribution is 7.99. The van der Waals surface area contributed by atoms with Crippen molar-refractivity contribution in [2.45, 2.75) is 36.8 Å². The molecule has 0 N–H and O–H groups in total. The highest BCUT2D eigenvalue weighted by atomic mass is 32.2. The molecule has 0 unspecified atom stereocenters. The minimum atomic E-state index is -1.34. The summed E-state index contributed by atoms with van der Waals surface area (Å²) in [5.74, 6) is -2.22. The molecule has 0 spiro atoms. The van der Waals surface area contributed by atoms with E-state index in [0.717, 1.165) is 0 Å². The van der Waals surface area contributed by atoms with Gasteiger partial charge in [0.05, 0.1) is 22.3 Å². The van der Waals surface area contributed by atoms with Gasteiger partial charge in [0.1, 0.15) is 18.1 Å². The van der Waals surface area contributed by atoms with Crippen molar-refractivity contribution < 1.29 is 42.9 Å². The van der Waals surface area contributed by atoms with Crippen LogP contribution in [0.3, 0.4) is 0 Å². The molecule has 9 nitrogen and oxygen atoms in total. The lowest BCUT2D eigenvalue weighted by Gasteiger charge is -2.44. The molecule has 0 saturated carbocycles. The molecule has 46 heavy (non-hydrogen) atoms. The quantitative estimate of drug-likeness (QED) is 0.143. The minimum absolute atomic E-state index is 0.235. The average Bonchev–Trinajstić information content (AvgIpc) is 3.11. The van der Waals surface area contributed by atoms with Gasteiger partial charge in [-0.3, -0.25) is 0 Å². The van der Waals surface area contributed by atoms with Crippen molar-refractivity contribution in [3.05, 3.63) is 144 Å². The lowest BCUT2D eigenvalue weighted by Crippen LogP contribution is -2.61. The van der Waals surface area contributed by atoms with Crippen LogP contribution in [0.5, 0.6) is 0 Å². The Balaban J connectivity index is 1.52. The summed E-state index contributed by atoms with van der Waals surface area (Å²) in [4.78, 5) is 53.2. The summed E-state index contributed by atoms with van der Waals surface area (Å²) >= 11 is 1.30. The number of benzene rings is 4. The van der Waals surface area contributed by atoms with E-state index in [1.165, 1.54) is 11.8 Å². The standard InChI is InChI=1S/C36H32O9S/c1-2-46-36-31(45-35(40)27-21-13-6-14-22-27)30(44-34(39)26-19-11-5-12-20-26)29(43-33(38)25-17-9-4-10-18-25)28(42-36)23-41-32(37)24-15-7-3-8-16-24/h3-22,28-31,36H,2,23H2,1H3/t28-,29-,30+,31-,36+/m1/s1.